The molecule has 2 heterocycles. The molecule has 0 aromatic carbocycles. The van der Waals surface area contributed by atoms with Crippen LogP contribution in [0.5, 0.6) is 0 Å². The Balaban J connectivity index is 2.15. The third-order valence-electron chi connectivity index (χ3n) is 2.14. The summed E-state index contributed by atoms with van der Waals surface area (Å²) >= 11 is 0. The van der Waals surface area contributed by atoms with E-state index in [1.165, 1.54) is 12.0 Å². The molecular formula is C8H13N3. The highest BCUT2D eigenvalue weighted by atomic mass is 15.3. The summed E-state index contributed by atoms with van der Waals surface area (Å²) in [7, 11) is 0. The molecule has 0 radical (unpaired) electrons. The van der Waals surface area contributed by atoms with Gasteiger partial charge >= 0.3 is 0 Å². The fraction of sp³-hybridized carbons (Fsp3) is 0.625. The maximum atomic E-state index is 4.27. The molecule has 1 aliphatic heterocycles. The minimum atomic E-state index is 0.587. The maximum Gasteiger partial charge on any atom is 0.0655 e. The molecule has 0 bridgehead atoms. The minimum absolute atomic E-state index is 0.587. The second kappa shape index (κ2) is 2.66. The van der Waals surface area contributed by atoms with Crippen molar-refractivity contribution in [2.24, 2.45) is 0 Å². The molecule has 11 heavy (non-hydrogen) atoms. The van der Waals surface area contributed by atoms with Crippen LogP contribution >= 0.6 is 0 Å². The number of nitrogens with zero attached hydrogens (tertiary/aromatic N) is 2. The average Bonchev–Trinajstić information content (AvgIpc) is 2.55. The monoisotopic (exact) mass is 151 g/mol. The van der Waals surface area contributed by atoms with Crippen molar-refractivity contribution in [1.29, 1.82) is 0 Å². The molecule has 1 atom stereocenters. The van der Waals surface area contributed by atoms with E-state index in [2.05, 4.69) is 28.2 Å². The Kier molecular flexibility index (Phi) is 1.66. The van der Waals surface area contributed by atoms with Gasteiger partial charge in [-0.1, -0.05) is 0 Å². The molecule has 1 aromatic rings. The first-order chi connectivity index (χ1) is 5.36. The van der Waals surface area contributed by atoms with Crippen LogP contribution < -0.4 is 5.32 Å². The van der Waals surface area contributed by atoms with Crippen LogP contribution in [0.1, 0.15) is 18.0 Å². The fourth-order valence-corrected chi connectivity index (χ4v) is 1.50. The summed E-state index contributed by atoms with van der Waals surface area (Å²) in [5.41, 5.74) is 1.25. The quantitative estimate of drug-likeness (QED) is 0.641. The second-order valence-electron chi connectivity index (χ2n) is 3.14. The Morgan fingerprint density at radius 1 is 1.73 bits per heavy atom. The van der Waals surface area contributed by atoms with Gasteiger partial charge in [-0.05, 0) is 25.5 Å². The standard InChI is InChI=1S/C8H13N3/c1-7-4-10-11(6-7)8-2-3-9-5-8/h4,6,8-9H,2-3,5H2,1H3/t8-/m1/s1. The van der Waals surface area contributed by atoms with E-state index < -0.39 is 0 Å². The van der Waals surface area contributed by atoms with Crippen LogP contribution in [0.4, 0.5) is 0 Å². The van der Waals surface area contributed by atoms with Crippen LogP contribution in [-0.4, -0.2) is 22.9 Å². The molecule has 0 spiro atoms. The molecule has 3 heteroatoms. The number of nitrogens with one attached hydrogen (secondary N) is 1. The molecule has 0 aliphatic carbocycles. The number of aryl methyl sites for hydroxylation is 1. The second-order valence-corrected chi connectivity index (χ2v) is 3.14. The Bertz CT molecular complexity index is 235. The van der Waals surface area contributed by atoms with Crippen molar-refractivity contribution in [3.8, 4) is 0 Å². The molecule has 2 rings (SSSR count). The van der Waals surface area contributed by atoms with E-state index in [4.69, 9.17) is 0 Å². The number of aromatic nitrogens is 2. The maximum absolute atomic E-state index is 4.27. The van der Waals surface area contributed by atoms with Crippen molar-refractivity contribution >= 4 is 0 Å². The van der Waals surface area contributed by atoms with Gasteiger partial charge in [-0.15, -0.1) is 0 Å². The molecular weight excluding hydrogens is 138 g/mol. The first-order valence-electron chi connectivity index (χ1n) is 4.08. The van der Waals surface area contributed by atoms with Gasteiger partial charge in [-0.2, -0.15) is 5.10 Å². The molecule has 0 amide bonds. The zero-order valence-electron chi connectivity index (χ0n) is 6.75. The Morgan fingerprint density at radius 2 is 2.64 bits per heavy atom. The van der Waals surface area contributed by atoms with Gasteiger partial charge in [-0.3, -0.25) is 4.68 Å². The zero-order valence-corrected chi connectivity index (χ0v) is 6.75. The summed E-state index contributed by atoms with van der Waals surface area (Å²) in [6.07, 6.45) is 5.23. The SMILES string of the molecule is Cc1cnn([C@@H]2CCNC2)c1. The van der Waals surface area contributed by atoms with E-state index in [9.17, 15) is 0 Å². The van der Waals surface area contributed by atoms with Crippen LogP contribution in [0.15, 0.2) is 12.4 Å². The summed E-state index contributed by atoms with van der Waals surface area (Å²) < 4.78 is 2.06. The summed E-state index contributed by atoms with van der Waals surface area (Å²) in [4.78, 5) is 0. The van der Waals surface area contributed by atoms with Gasteiger partial charge in [0.25, 0.3) is 0 Å². The number of hydrogen-bond donors (Lipinski definition) is 1. The highest BCUT2D eigenvalue weighted by Gasteiger charge is 2.15. The molecule has 3 nitrogen and oxygen atoms in total. The largest absolute Gasteiger partial charge is 0.315 e. The molecule has 1 aromatic heterocycles. The van der Waals surface area contributed by atoms with E-state index in [-0.39, 0.29) is 0 Å². The first kappa shape index (κ1) is 6.85. The third kappa shape index (κ3) is 1.28. The Hall–Kier alpha value is -0.830. The van der Waals surface area contributed by atoms with Crippen LogP contribution in [0, 0.1) is 6.92 Å². The van der Waals surface area contributed by atoms with E-state index in [1.54, 1.807) is 0 Å². The first-order valence-corrected chi connectivity index (χ1v) is 4.08. The molecule has 1 N–H and O–H groups in total. The number of rotatable bonds is 1. The van der Waals surface area contributed by atoms with Crippen LogP contribution in [0.25, 0.3) is 0 Å². The van der Waals surface area contributed by atoms with Crippen molar-refractivity contribution < 1.29 is 0 Å². The van der Waals surface area contributed by atoms with Crippen LogP contribution in [-0.2, 0) is 0 Å². The molecule has 0 saturated carbocycles. The van der Waals surface area contributed by atoms with Gasteiger partial charge in [0.05, 0.1) is 12.2 Å². The van der Waals surface area contributed by atoms with Crippen molar-refractivity contribution in [3.05, 3.63) is 18.0 Å². The van der Waals surface area contributed by atoms with Crippen LogP contribution in [0.2, 0.25) is 0 Å². The highest BCUT2D eigenvalue weighted by Crippen LogP contribution is 2.13. The topological polar surface area (TPSA) is 29.9 Å². The smallest absolute Gasteiger partial charge is 0.0655 e. The lowest BCUT2D eigenvalue weighted by Crippen LogP contribution is -2.13. The Morgan fingerprint density at radius 3 is 3.18 bits per heavy atom. The lowest BCUT2D eigenvalue weighted by atomic mass is 10.3. The number of hydrogen-bond acceptors (Lipinski definition) is 2. The Labute approximate surface area is 66.4 Å². The van der Waals surface area contributed by atoms with Crippen molar-refractivity contribution in [2.45, 2.75) is 19.4 Å². The minimum Gasteiger partial charge on any atom is -0.315 e. The van der Waals surface area contributed by atoms with Gasteiger partial charge in [0.2, 0.25) is 0 Å². The van der Waals surface area contributed by atoms with Crippen molar-refractivity contribution in [2.75, 3.05) is 13.1 Å². The molecule has 1 fully saturated rings. The van der Waals surface area contributed by atoms with E-state index in [1.807, 2.05) is 6.20 Å². The van der Waals surface area contributed by atoms with Crippen molar-refractivity contribution in [3.63, 3.8) is 0 Å². The summed E-state index contributed by atoms with van der Waals surface area (Å²) in [5, 5.41) is 7.59. The van der Waals surface area contributed by atoms with E-state index in [0.29, 0.717) is 6.04 Å². The third-order valence-corrected chi connectivity index (χ3v) is 2.14. The molecule has 60 valence electrons. The van der Waals surface area contributed by atoms with Crippen LogP contribution in [0.3, 0.4) is 0 Å². The predicted octanol–water partition coefficient (Wildman–Crippen LogP) is 0.726. The van der Waals surface area contributed by atoms with Gasteiger partial charge in [0.1, 0.15) is 0 Å². The van der Waals surface area contributed by atoms with Crippen molar-refractivity contribution in [1.82, 2.24) is 15.1 Å². The normalized spacial score (nSPS) is 24.3. The van der Waals surface area contributed by atoms with Gasteiger partial charge in [0, 0.05) is 12.7 Å². The lowest BCUT2D eigenvalue weighted by Gasteiger charge is -2.07. The zero-order chi connectivity index (χ0) is 7.68. The van der Waals surface area contributed by atoms with Gasteiger partial charge < -0.3 is 5.32 Å². The average molecular weight is 151 g/mol. The van der Waals surface area contributed by atoms with Gasteiger partial charge in [0.15, 0.2) is 0 Å². The molecule has 1 aliphatic rings. The molecule has 0 unspecified atom stereocenters. The predicted molar refractivity (Wildman–Crippen MR) is 43.5 cm³/mol. The lowest BCUT2D eigenvalue weighted by molar-refractivity contribution is 0.490. The summed E-state index contributed by atoms with van der Waals surface area (Å²) in [6.45, 7) is 4.27. The van der Waals surface area contributed by atoms with E-state index >= 15 is 0 Å². The summed E-state index contributed by atoms with van der Waals surface area (Å²) in [6, 6.07) is 0.587. The summed E-state index contributed by atoms with van der Waals surface area (Å²) in [5.74, 6) is 0. The highest BCUT2D eigenvalue weighted by molar-refractivity contribution is 5.01. The fourth-order valence-electron chi connectivity index (χ4n) is 1.50. The molecule has 1 saturated heterocycles. The van der Waals surface area contributed by atoms with Gasteiger partial charge in [-0.25, -0.2) is 0 Å². The van der Waals surface area contributed by atoms with E-state index in [0.717, 1.165) is 13.1 Å².